The molecule has 0 saturated heterocycles. The van der Waals surface area contributed by atoms with Gasteiger partial charge in [0.15, 0.2) is 23.1 Å². The average Bonchev–Trinajstić information content (AvgIpc) is 3.53. The number of phenolic OH excluding ortho intramolecular Hbond substituents is 3. The molecule has 3 aliphatic rings. The third-order valence-electron chi connectivity index (χ3n) is 8.41. The Labute approximate surface area is 260 Å². The molecule has 5 N–H and O–H groups in total. The number of carbonyl (C=O) groups excluding carboxylic acids is 4. The molecule has 0 unspecified atom stereocenters. The highest BCUT2D eigenvalue weighted by atomic mass is 79.9. The van der Waals surface area contributed by atoms with Crippen molar-refractivity contribution < 1.29 is 39.2 Å². The maximum Gasteiger partial charge on any atom is 0.260 e. The summed E-state index contributed by atoms with van der Waals surface area (Å²) in [5.41, 5.74) is -2.32. The van der Waals surface area contributed by atoms with Crippen molar-refractivity contribution in [3.05, 3.63) is 96.2 Å². The highest BCUT2D eigenvalue weighted by Gasteiger charge is 2.62. The second-order valence-electron chi connectivity index (χ2n) is 10.6. The molecular formula is C31H19BrN4O9. The summed E-state index contributed by atoms with van der Waals surface area (Å²) in [4.78, 5) is 74.2. The fraction of sp³-hybridized carbons (Fsp3) is 0.129. The SMILES string of the molecule is COC1=CC(=O)c2c(O)c3c(c(O)c2C1=O)C(=O)[C@]1(CCc2c1c(O)c1c(=O)[nH]c(C=NNc4ccccn4)cc1c2Br)C3=O. The van der Waals surface area contributed by atoms with E-state index in [4.69, 9.17) is 4.74 Å². The van der Waals surface area contributed by atoms with Gasteiger partial charge in [-0.05, 0) is 52.5 Å². The first-order chi connectivity index (χ1) is 21.5. The summed E-state index contributed by atoms with van der Waals surface area (Å²) in [6.45, 7) is 0. The maximum atomic E-state index is 14.2. The molecule has 2 aromatic carbocycles. The number of hydrogen-bond donors (Lipinski definition) is 5. The van der Waals surface area contributed by atoms with Crippen molar-refractivity contribution in [1.82, 2.24) is 9.97 Å². The van der Waals surface area contributed by atoms with Gasteiger partial charge in [-0.3, -0.25) is 29.4 Å². The molecule has 0 saturated carbocycles. The van der Waals surface area contributed by atoms with Crippen molar-refractivity contribution in [2.24, 2.45) is 5.10 Å². The van der Waals surface area contributed by atoms with Gasteiger partial charge >= 0.3 is 0 Å². The molecule has 2 heterocycles. The van der Waals surface area contributed by atoms with Crippen molar-refractivity contribution in [2.45, 2.75) is 18.3 Å². The van der Waals surface area contributed by atoms with Gasteiger partial charge in [-0.25, -0.2) is 4.98 Å². The van der Waals surface area contributed by atoms with E-state index in [0.29, 0.717) is 15.9 Å². The second-order valence-corrected chi connectivity index (χ2v) is 11.4. The van der Waals surface area contributed by atoms with Crippen LogP contribution in [0.2, 0.25) is 0 Å². The Morgan fingerprint density at radius 1 is 1.02 bits per heavy atom. The maximum absolute atomic E-state index is 14.2. The van der Waals surface area contributed by atoms with Crippen molar-refractivity contribution in [3.8, 4) is 17.2 Å². The summed E-state index contributed by atoms with van der Waals surface area (Å²) in [6, 6.07) is 6.74. The lowest BCUT2D eigenvalue weighted by Crippen LogP contribution is -2.36. The third kappa shape index (κ3) is 3.62. The van der Waals surface area contributed by atoms with Gasteiger partial charge in [-0.15, -0.1) is 0 Å². The zero-order valence-electron chi connectivity index (χ0n) is 23.0. The number of halogens is 1. The van der Waals surface area contributed by atoms with Crippen LogP contribution in [0, 0.1) is 0 Å². The molecule has 7 rings (SSSR count). The molecule has 14 heteroatoms. The van der Waals surface area contributed by atoms with E-state index in [-0.39, 0.29) is 34.9 Å². The summed E-state index contributed by atoms with van der Waals surface area (Å²) in [5, 5.41) is 38.0. The van der Waals surface area contributed by atoms with Crippen LogP contribution in [0.1, 0.15) is 64.7 Å². The van der Waals surface area contributed by atoms with Crippen LogP contribution in [0.25, 0.3) is 10.8 Å². The predicted molar refractivity (Wildman–Crippen MR) is 162 cm³/mol. The number of H-pyrrole nitrogens is 1. The molecule has 224 valence electrons. The Hall–Kier alpha value is -5.63. The van der Waals surface area contributed by atoms with Crippen LogP contribution >= 0.6 is 15.9 Å². The number of Topliss-reactive ketones (excluding diaryl/α,β-unsaturated/α-hetero) is 3. The largest absolute Gasteiger partial charge is 0.507 e. The zero-order valence-corrected chi connectivity index (χ0v) is 24.6. The Morgan fingerprint density at radius 2 is 1.73 bits per heavy atom. The number of ether oxygens (including phenoxy) is 1. The van der Waals surface area contributed by atoms with E-state index in [0.717, 1.165) is 13.2 Å². The van der Waals surface area contributed by atoms with Crippen LogP contribution in [-0.4, -0.2) is 61.7 Å². The number of fused-ring (bicyclic) bond motifs is 5. The van der Waals surface area contributed by atoms with E-state index >= 15 is 0 Å². The minimum atomic E-state index is -2.15. The molecule has 0 aliphatic heterocycles. The number of benzene rings is 2. The smallest absolute Gasteiger partial charge is 0.260 e. The minimum Gasteiger partial charge on any atom is -0.507 e. The Kier molecular flexibility index (Phi) is 6.06. The molecule has 45 heavy (non-hydrogen) atoms. The number of rotatable bonds is 4. The number of methoxy groups -OCH3 is 1. The Bertz CT molecular complexity index is 2220. The van der Waals surface area contributed by atoms with Gasteiger partial charge in [0.05, 0.1) is 46.7 Å². The molecule has 4 aromatic rings. The standard InChI is InChI=1S/C31H19BrN4O9/c1-45-15-9-14(37)18-19(24(15)38)26(40)21-20(25(18)39)28(42)31(29(21)43)6-5-12-22(31)27(41)17-13(23(12)32)8-11(35-30(17)44)10-34-36-16-4-2-3-7-33-16/h2-4,7-10,39-41H,5-6H2,1H3,(H,33,36)(H,35,44)/t31-/m0/s1. The second kappa shape index (κ2) is 9.69. The molecular weight excluding hydrogens is 652 g/mol. The van der Waals surface area contributed by atoms with Crippen LogP contribution in [0.15, 0.2) is 56.7 Å². The molecule has 3 aliphatic carbocycles. The summed E-state index contributed by atoms with van der Waals surface area (Å²) >= 11 is 3.49. The van der Waals surface area contributed by atoms with Crippen molar-refractivity contribution >= 4 is 61.9 Å². The van der Waals surface area contributed by atoms with E-state index in [1.165, 1.54) is 6.21 Å². The number of carbonyl (C=O) groups is 4. The number of nitrogens with zero attached hydrogens (tertiary/aromatic N) is 2. The van der Waals surface area contributed by atoms with Gasteiger partial charge in [0.25, 0.3) is 5.56 Å². The first-order valence-corrected chi connectivity index (χ1v) is 14.2. The van der Waals surface area contributed by atoms with E-state index < -0.39 is 79.4 Å². The minimum absolute atomic E-state index is 0.0802. The normalized spacial score (nSPS) is 18.5. The molecule has 0 amide bonds. The number of anilines is 1. The number of nitrogens with one attached hydrogen (secondary N) is 2. The van der Waals surface area contributed by atoms with E-state index in [9.17, 15) is 39.3 Å². The first kappa shape index (κ1) is 28.2. The highest BCUT2D eigenvalue weighted by Crippen LogP contribution is 2.58. The lowest BCUT2D eigenvalue weighted by atomic mass is 9.76. The van der Waals surface area contributed by atoms with Crippen LogP contribution in [0.3, 0.4) is 0 Å². The van der Waals surface area contributed by atoms with Gasteiger partial charge in [-0.1, -0.05) is 6.07 Å². The van der Waals surface area contributed by atoms with Gasteiger partial charge < -0.3 is 25.0 Å². The third-order valence-corrected chi connectivity index (χ3v) is 9.32. The summed E-state index contributed by atoms with van der Waals surface area (Å²) in [5.74, 6) is -6.35. The molecule has 0 radical (unpaired) electrons. The Balaban J connectivity index is 1.39. The van der Waals surface area contributed by atoms with Gasteiger partial charge in [0, 0.05) is 27.7 Å². The molecule has 1 spiro atoms. The van der Waals surface area contributed by atoms with E-state index in [1.807, 2.05) is 0 Å². The van der Waals surface area contributed by atoms with Crippen molar-refractivity contribution in [3.63, 3.8) is 0 Å². The number of phenols is 3. The van der Waals surface area contributed by atoms with Crippen LogP contribution in [0.5, 0.6) is 17.2 Å². The van der Waals surface area contributed by atoms with Gasteiger partial charge in [-0.2, -0.15) is 5.10 Å². The first-order valence-electron chi connectivity index (χ1n) is 13.4. The van der Waals surface area contributed by atoms with E-state index in [1.54, 1.807) is 30.5 Å². The fourth-order valence-electron chi connectivity index (χ4n) is 6.47. The number of aromatic hydroxyl groups is 3. The lowest BCUT2D eigenvalue weighted by molar-refractivity contribution is 0.0790. The monoisotopic (exact) mass is 670 g/mol. The summed E-state index contributed by atoms with van der Waals surface area (Å²) < 4.78 is 5.26. The Morgan fingerprint density at radius 3 is 2.40 bits per heavy atom. The molecule has 13 nitrogen and oxygen atoms in total. The predicted octanol–water partition coefficient (Wildman–Crippen LogP) is 3.42. The van der Waals surface area contributed by atoms with E-state index in [2.05, 4.69) is 36.4 Å². The fourth-order valence-corrected chi connectivity index (χ4v) is 7.18. The van der Waals surface area contributed by atoms with Gasteiger partial charge in [0.2, 0.25) is 5.78 Å². The number of pyridine rings is 2. The molecule has 1 atom stereocenters. The quantitative estimate of drug-likeness (QED) is 0.0919. The van der Waals surface area contributed by atoms with Crippen LogP contribution in [-0.2, 0) is 16.6 Å². The summed E-state index contributed by atoms with van der Waals surface area (Å²) in [7, 11) is 1.13. The number of ketones is 4. The van der Waals surface area contributed by atoms with Crippen molar-refractivity contribution in [2.75, 3.05) is 12.5 Å². The topological polar surface area (TPSA) is 208 Å². The number of hydrogen-bond acceptors (Lipinski definition) is 12. The van der Waals surface area contributed by atoms with Crippen molar-refractivity contribution in [1.29, 1.82) is 0 Å². The zero-order chi connectivity index (χ0) is 31.9. The number of aromatic amines is 1. The molecule has 2 aromatic heterocycles. The number of allylic oxidation sites excluding steroid dienone is 2. The lowest BCUT2D eigenvalue weighted by Gasteiger charge is -2.23. The van der Waals surface area contributed by atoms with Crippen LogP contribution in [0.4, 0.5) is 5.82 Å². The summed E-state index contributed by atoms with van der Waals surface area (Å²) in [6.07, 6.45) is 3.62. The van der Waals surface area contributed by atoms with Crippen LogP contribution < -0.4 is 11.0 Å². The highest BCUT2D eigenvalue weighted by molar-refractivity contribution is 9.10. The molecule has 0 fully saturated rings. The average molecular weight is 671 g/mol. The molecule has 0 bridgehead atoms. The number of aromatic nitrogens is 2. The van der Waals surface area contributed by atoms with Gasteiger partial charge in [0.1, 0.15) is 28.5 Å². The number of hydrazone groups is 1.